The summed E-state index contributed by atoms with van der Waals surface area (Å²) >= 11 is 0. The van der Waals surface area contributed by atoms with E-state index in [1.165, 1.54) is 6.07 Å². The Labute approximate surface area is 100 Å². The highest BCUT2D eigenvalue weighted by molar-refractivity contribution is 5.95. The monoisotopic (exact) mass is 227 g/mol. The third-order valence-electron chi connectivity index (χ3n) is 2.60. The van der Waals surface area contributed by atoms with Crippen molar-refractivity contribution >= 4 is 5.91 Å². The van der Waals surface area contributed by atoms with Gasteiger partial charge in [0.25, 0.3) is 5.91 Å². The van der Waals surface area contributed by atoms with Crippen LogP contribution in [0, 0.1) is 22.7 Å². The van der Waals surface area contributed by atoms with Crippen molar-refractivity contribution in [3.8, 4) is 12.1 Å². The molecule has 0 aliphatic carbocycles. The molecule has 0 radical (unpaired) electrons. The zero-order chi connectivity index (χ0) is 12.9. The van der Waals surface area contributed by atoms with Crippen molar-refractivity contribution in [3.63, 3.8) is 0 Å². The average molecular weight is 227 g/mol. The summed E-state index contributed by atoms with van der Waals surface area (Å²) in [6.45, 7) is 3.49. The molecular formula is C13H13N3O. The van der Waals surface area contributed by atoms with Gasteiger partial charge in [0.2, 0.25) is 0 Å². The molecule has 4 heteroatoms. The van der Waals surface area contributed by atoms with Gasteiger partial charge in [0.1, 0.15) is 5.54 Å². The van der Waals surface area contributed by atoms with Crippen molar-refractivity contribution < 1.29 is 4.79 Å². The maximum atomic E-state index is 11.9. The van der Waals surface area contributed by atoms with Crippen molar-refractivity contribution in [2.45, 2.75) is 25.8 Å². The van der Waals surface area contributed by atoms with Gasteiger partial charge in [-0.05, 0) is 31.5 Å². The lowest BCUT2D eigenvalue weighted by molar-refractivity contribution is 0.0923. The lowest BCUT2D eigenvalue weighted by Gasteiger charge is -2.21. The standard InChI is InChI=1S/C13H13N3O/c1-3-13(2,9-15)16-12(17)11-6-4-5-10(7-11)8-14/h4-7H,3H2,1-2H3,(H,16,17)/t13-/m0/s1. The van der Waals surface area contributed by atoms with Crippen LogP contribution in [0.3, 0.4) is 0 Å². The van der Waals surface area contributed by atoms with Crippen LogP contribution in [0.25, 0.3) is 0 Å². The molecule has 0 aliphatic rings. The number of hydrogen-bond donors (Lipinski definition) is 1. The minimum Gasteiger partial charge on any atom is -0.334 e. The van der Waals surface area contributed by atoms with E-state index >= 15 is 0 Å². The summed E-state index contributed by atoms with van der Waals surface area (Å²) in [5, 5.41) is 20.4. The molecule has 0 spiro atoms. The molecule has 1 N–H and O–H groups in total. The first-order valence-electron chi connectivity index (χ1n) is 5.28. The van der Waals surface area contributed by atoms with Crippen molar-refractivity contribution in [2.24, 2.45) is 0 Å². The molecule has 0 unspecified atom stereocenters. The van der Waals surface area contributed by atoms with E-state index in [1.807, 2.05) is 13.0 Å². The summed E-state index contributed by atoms with van der Waals surface area (Å²) in [5.74, 6) is -0.340. The van der Waals surface area contributed by atoms with E-state index in [9.17, 15) is 4.79 Å². The average Bonchev–Trinajstić information content (AvgIpc) is 2.38. The predicted octanol–water partition coefficient (Wildman–Crippen LogP) is 1.98. The SMILES string of the molecule is CC[C@@](C)(C#N)NC(=O)c1cccc(C#N)c1. The highest BCUT2D eigenvalue weighted by Crippen LogP contribution is 2.10. The molecule has 0 saturated heterocycles. The highest BCUT2D eigenvalue weighted by Gasteiger charge is 2.24. The Balaban J connectivity index is 2.92. The number of nitrogens with one attached hydrogen (secondary N) is 1. The molecule has 0 saturated carbocycles. The molecule has 0 fully saturated rings. The van der Waals surface area contributed by atoms with E-state index in [0.29, 0.717) is 17.5 Å². The highest BCUT2D eigenvalue weighted by atomic mass is 16.1. The molecule has 1 atom stereocenters. The zero-order valence-corrected chi connectivity index (χ0v) is 9.82. The number of carbonyl (C=O) groups is 1. The third kappa shape index (κ3) is 3.06. The maximum absolute atomic E-state index is 11.9. The van der Waals surface area contributed by atoms with E-state index in [4.69, 9.17) is 10.5 Å². The molecule has 17 heavy (non-hydrogen) atoms. The zero-order valence-electron chi connectivity index (χ0n) is 9.82. The Morgan fingerprint density at radius 2 is 2.18 bits per heavy atom. The van der Waals surface area contributed by atoms with Gasteiger partial charge in [-0.15, -0.1) is 0 Å². The minimum atomic E-state index is -0.875. The Morgan fingerprint density at radius 1 is 1.47 bits per heavy atom. The van der Waals surface area contributed by atoms with Crippen molar-refractivity contribution in [3.05, 3.63) is 35.4 Å². The van der Waals surface area contributed by atoms with Crippen LogP contribution in [-0.2, 0) is 0 Å². The van der Waals surface area contributed by atoms with Gasteiger partial charge < -0.3 is 5.32 Å². The summed E-state index contributed by atoms with van der Waals surface area (Å²) in [6, 6.07) is 10.4. The van der Waals surface area contributed by atoms with Crippen LogP contribution in [0.4, 0.5) is 0 Å². The largest absolute Gasteiger partial charge is 0.334 e. The number of carbonyl (C=O) groups excluding carboxylic acids is 1. The van der Waals surface area contributed by atoms with Gasteiger partial charge in [0.15, 0.2) is 0 Å². The Morgan fingerprint density at radius 3 is 2.71 bits per heavy atom. The van der Waals surface area contributed by atoms with E-state index in [0.717, 1.165) is 0 Å². The van der Waals surface area contributed by atoms with Gasteiger partial charge in [0, 0.05) is 5.56 Å². The topological polar surface area (TPSA) is 76.7 Å². The van der Waals surface area contributed by atoms with Gasteiger partial charge >= 0.3 is 0 Å². The van der Waals surface area contributed by atoms with Crippen LogP contribution in [0.1, 0.15) is 36.2 Å². The molecule has 0 aromatic heterocycles. The molecule has 86 valence electrons. The smallest absolute Gasteiger partial charge is 0.252 e. The molecule has 1 aromatic rings. The molecule has 0 aliphatic heterocycles. The van der Waals surface area contributed by atoms with Crippen molar-refractivity contribution in [1.29, 1.82) is 10.5 Å². The van der Waals surface area contributed by atoms with Crippen LogP contribution in [0.15, 0.2) is 24.3 Å². The van der Waals surface area contributed by atoms with E-state index in [1.54, 1.807) is 25.1 Å². The second kappa shape index (κ2) is 5.14. The fourth-order valence-electron chi connectivity index (χ4n) is 1.25. The number of hydrogen-bond acceptors (Lipinski definition) is 3. The molecule has 1 aromatic carbocycles. The van der Waals surface area contributed by atoms with Crippen LogP contribution in [-0.4, -0.2) is 11.4 Å². The number of benzene rings is 1. The first-order chi connectivity index (χ1) is 8.04. The van der Waals surface area contributed by atoms with Crippen LogP contribution < -0.4 is 5.32 Å². The lowest BCUT2D eigenvalue weighted by Crippen LogP contribution is -2.44. The minimum absolute atomic E-state index is 0.340. The first kappa shape index (κ1) is 12.7. The van der Waals surface area contributed by atoms with Gasteiger partial charge in [0.05, 0.1) is 17.7 Å². The molecule has 4 nitrogen and oxygen atoms in total. The van der Waals surface area contributed by atoms with Crippen molar-refractivity contribution in [2.75, 3.05) is 0 Å². The van der Waals surface area contributed by atoms with Gasteiger partial charge in [-0.2, -0.15) is 10.5 Å². The normalized spacial score (nSPS) is 12.9. The van der Waals surface area contributed by atoms with E-state index in [-0.39, 0.29) is 5.91 Å². The van der Waals surface area contributed by atoms with Crippen molar-refractivity contribution in [1.82, 2.24) is 5.32 Å². The fourth-order valence-corrected chi connectivity index (χ4v) is 1.25. The van der Waals surface area contributed by atoms with Crippen LogP contribution >= 0.6 is 0 Å². The number of nitrogens with zero attached hydrogens (tertiary/aromatic N) is 2. The van der Waals surface area contributed by atoms with Gasteiger partial charge in [-0.25, -0.2) is 0 Å². The Hall–Kier alpha value is -2.33. The molecule has 1 rings (SSSR count). The number of nitriles is 2. The second-order valence-corrected chi connectivity index (χ2v) is 3.94. The van der Waals surface area contributed by atoms with Crippen LogP contribution in [0.5, 0.6) is 0 Å². The summed E-state index contributed by atoms with van der Waals surface area (Å²) in [6.07, 6.45) is 0.521. The molecule has 0 bridgehead atoms. The van der Waals surface area contributed by atoms with Crippen LogP contribution in [0.2, 0.25) is 0 Å². The summed E-state index contributed by atoms with van der Waals surface area (Å²) < 4.78 is 0. The van der Waals surface area contributed by atoms with E-state index in [2.05, 4.69) is 11.4 Å². The number of amides is 1. The molecular weight excluding hydrogens is 214 g/mol. The predicted molar refractivity (Wildman–Crippen MR) is 62.9 cm³/mol. The Bertz CT molecular complexity index is 510. The molecule has 0 heterocycles. The van der Waals surface area contributed by atoms with E-state index < -0.39 is 5.54 Å². The fraction of sp³-hybridized carbons (Fsp3) is 0.308. The second-order valence-electron chi connectivity index (χ2n) is 3.94. The quantitative estimate of drug-likeness (QED) is 0.857. The maximum Gasteiger partial charge on any atom is 0.252 e. The third-order valence-corrected chi connectivity index (χ3v) is 2.60. The summed E-state index contributed by atoms with van der Waals surface area (Å²) in [7, 11) is 0. The number of rotatable bonds is 3. The van der Waals surface area contributed by atoms with Gasteiger partial charge in [-0.1, -0.05) is 13.0 Å². The Kier molecular flexibility index (Phi) is 3.85. The first-order valence-corrected chi connectivity index (χ1v) is 5.28. The molecule has 1 amide bonds. The van der Waals surface area contributed by atoms with Gasteiger partial charge in [-0.3, -0.25) is 4.79 Å². The summed E-state index contributed by atoms with van der Waals surface area (Å²) in [5.41, 5.74) is -0.0634. The lowest BCUT2D eigenvalue weighted by atomic mass is 10.0. The summed E-state index contributed by atoms with van der Waals surface area (Å²) in [4.78, 5) is 11.9.